The van der Waals surface area contributed by atoms with Crippen molar-refractivity contribution in [3.05, 3.63) is 11.6 Å². The maximum atomic E-state index is 14.3. The number of ketones is 1. The number of hydrogen-bond acceptors (Lipinski definition) is 10. The highest BCUT2D eigenvalue weighted by Gasteiger charge is 2.72. The zero-order chi connectivity index (χ0) is 33.1. The van der Waals surface area contributed by atoms with E-state index in [2.05, 4.69) is 40.7 Å². The molecular weight excluding hydrogens is 580 g/mol. The van der Waals surface area contributed by atoms with E-state index in [0.717, 1.165) is 12.8 Å². The van der Waals surface area contributed by atoms with Crippen molar-refractivity contribution in [3.8, 4) is 0 Å². The van der Waals surface area contributed by atoms with Crippen molar-refractivity contribution in [2.24, 2.45) is 50.2 Å². The number of carbonyl (C=O) groups is 2. The lowest BCUT2D eigenvalue weighted by molar-refractivity contribution is -0.271. The van der Waals surface area contributed by atoms with E-state index in [-0.39, 0.29) is 36.1 Å². The Hall–Kier alpha value is -1.40. The summed E-state index contributed by atoms with van der Waals surface area (Å²) >= 11 is 0. The van der Waals surface area contributed by atoms with Gasteiger partial charge in [-0.2, -0.15) is 0 Å². The van der Waals surface area contributed by atoms with Gasteiger partial charge in [-0.05, 0) is 78.4 Å². The first-order valence-corrected chi connectivity index (χ1v) is 16.9. The molecule has 10 nitrogen and oxygen atoms in total. The van der Waals surface area contributed by atoms with Gasteiger partial charge in [-0.3, -0.25) is 9.59 Å². The van der Waals surface area contributed by atoms with Crippen molar-refractivity contribution in [3.63, 3.8) is 0 Å². The molecule has 0 unspecified atom stereocenters. The van der Waals surface area contributed by atoms with Crippen LogP contribution in [0.4, 0.5) is 0 Å². The summed E-state index contributed by atoms with van der Waals surface area (Å²) in [5.74, 6) is -1.34. The van der Waals surface area contributed by atoms with Gasteiger partial charge in [-0.1, -0.05) is 53.2 Å². The highest BCUT2D eigenvalue weighted by Crippen LogP contribution is 2.75. The molecule has 6 N–H and O–H groups in total. The molecule has 14 atom stereocenters. The second-order valence-electron chi connectivity index (χ2n) is 17.4. The summed E-state index contributed by atoms with van der Waals surface area (Å²) in [5, 5.41) is 64.1. The zero-order valence-electron chi connectivity index (χ0n) is 27.7. The first-order valence-electron chi connectivity index (χ1n) is 16.9. The number of Topliss-reactive ketones (excluding diaryl/α,β-unsaturated/α-hetero) is 1. The summed E-state index contributed by atoms with van der Waals surface area (Å²) in [4.78, 5) is 27.6. The summed E-state index contributed by atoms with van der Waals surface area (Å²) < 4.78 is 11.3. The lowest BCUT2D eigenvalue weighted by Gasteiger charge is -2.71. The van der Waals surface area contributed by atoms with Crippen molar-refractivity contribution >= 4 is 11.8 Å². The van der Waals surface area contributed by atoms with E-state index >= 15 is 0 Å². The minimum absolute atomic E-state index is 0.00392. The molecule has 0 aromatic carbocycles. The molecule has 6 aliphatic rings. The van der Waals surface area contributed by atoms with Crippen LogP contribution in [-0.4, -0.2) is 92.4 Å². The quantitative estimate of drug-likeness (QED) is 0.200. The highest BCUT2D eigenvalue weighted by molar-refractivity contribution is 5.86. The van der Waals surface area contributed by atoms with Gasteiger partial charge in [0.15, 0.2) is 5.78 Å². The fourth-order valence-electron chi connectivity index (χ4n) is 11.8. The number of carbonyl (C=O) groups excluding carboxylic acids is 2. The van der Waals surface area contributed by atoms with Crippen LogP contribution in [0.3, 0.4) is 0 Å². The third kappa shape index (κ3) is 4.45. The van der Waals surface area contributed by atoms with Crippen LogP contribution < -0.4 is 0 Å². The molecule has 0 amide bonds. The molecule has 254 valence electrons. The predicted octanol–water partition coefficient (Wildman–Crippen LogP) is 2.25. The number of ether oxygens (including phenoxy) is 2. The lowest BCUT2D eigenvalue weighted by atomic mass is 9.33. The zero-order valence-corrected chi connectivity index (χ0v) is 27.7. The van der Waals surface area contributed by atoms with E-state index in [0.29, 0.717) is 32.1 Å². The predicted molar refractivity (Wildman–Crippen MR) is 162 cm³/mol. The van der Waals surface area contributed by atoms with Crippen LogP contribution in [-0.2, 0) is 19.1 Å². The normalized spacial score (nSPS) is 54.1. The minimum atomic E-state index is -1.56. The molecule has 0 aromatic rings. The molecule has 5 aliphatic carbocycles. The summed E-state index contributed by atoms with van der Waals surface area (Å²) in [6, 6.07) is 0. The third-order valence-electron chi connectivity index (χ3n) is 14.5. The molecule has 5 fully saturated rings. The van der Waals surface area contributed by atoms with Gasteiger partial charge in [-0.15, -0.1) is 0 Å². The van der Waals surface area contributed by atoms with Gasteiger partial charge in [0.25, 0.3) is 0 Å². The van der Waals surface area contributed by atoms with Crippen LogP contribution in [0.15, 0.2) is 11.6 Å². The average Bonchev–Trinajstić information content (AvgIpc) is 2.96. The molecule has 45 heavy (non-hydrogen) atoms. The second-order valence-corrected chi connectivity index (χ2v) is 17.4. The largest absolute Gasteiger partial charge is 0.432 e. The van der Waals surface area contributed by atoms with Crippen molar-refractivity contribution in [1.29, 1.82) is 0 Å². The van der Waals surface area contributed by atoms with Gasteiger partial charge in [0, 0.05) is 17.8 Å². The molecule has 0 spiro atoms. The first-order chi connectivity index (χ1) is 20.8. The Morgan fingerprint density at radius 1 is 0.933 bits per heavy atom. The molecule has 1 heterocycles. The van der Waals surface area contributed by atoms with Crippen LogP contribution in [0.25, 0.3) is 0 Å². The van der Waals surface area contributed by atoms with E-state index < -0.39 is 82.4 Å². The molecule has 1 saturated heterocycles. The number of aliphatic hydroxyl groups excluding tert-OH is 6. The summed E-state index contributed by atoms with van der Waals surface area (Å²) in [6.07, 6.45) is -0.914. The van der Waals surface area contributed by atoms with Gasteiger partial charge in [-0.25, -0.2) is 0 Å². The molecule has 0 radical (unpaired) electrons. The number of rotatable bonds is 3. The smallest absolute Gasteiger partial charge is 0.315 e. The minimum Gasteiger partial charge on any atom is -0.432 e. The van der Waals surface area contributed by atoms with E-state index in [1.54, 1.807) is 6.92 Å². The SMILES string of the molecule is CC1(C)CC[C@]2(C(=O)O[C@@H]3OC[C@H](O)[C@H](O)[C@H]3O)CC[C@]3(C)C(=CC[C@@H]4[C@@]5(C)CC(=O)[C@H](O)[C@@](C)(CO)[C@@H]5[C@H](O)C[C@]43C)[C@@H]2C1. The van der Waals surface area contributed by atoms with Crippen LogP contribution in [0.2, 0.25) is 0 Å². The van der Waals surface area contributed by atoms with Crippen LogP contribution in [0.1, 0.15) is 92.9 Å². The van der Waals surface area contributed by atoms with E-state index in [1.165, 1.54) is 5.57 Å². The molecule has 4 saturated carbocycles. The fourth-order valence-corrected chi connectivity index (χ4v) is 11.8. The van der Waals surface area contributed by atoms with Crippen molar-refractivity contribution in [2.45, 2.75) is 130 Å². The van der Waals surface area contributed by atoms with Crippen LogP contribution in [0.5, 0.6) is 0 Å². The summed E-state index contributed by atoms with van der Waals surface area (Å²) in [6.45, 7) is 12.1. The maximum Gasteiger partial charge on any atom is 0.315 e. The van der Waals surface area contributed by atoms with E-state index in [1.807, 2.05) is 0 Å². The van der Waals surface area contributed by atoms with Gasteiger partial charge in [0.2, 0.25) is 6.29 Å². The van der Waals surface area contributed by atoms with Crippen molar-refractivity contribution < 1.29 is 49.7 Å². The Morgan fingerprint density at radius 2 is 1.60 bits per heavy atom. The molecule has 6 rings (SSSR count). The molecule has 0 bridgehead atoms. The van der Waals surface area contributed by atoms with Crippen molar-refractivity contribution in [1.82, 2.24) is 0 Å². The van der Waals surface area contributed by atoms with E-state index in [4.69, 9.17) is 9.47 Å². The summed E-state index contributed by atoms with van der Waals surface area (Å²) in [5.41, 5.74) is -2.32. The maximum absolute atomic E-state index is 14.3. The average molecular weight is 635 g/mol. The molecule has 10 heteroatoms. The topological polar surface area (TPSA) is 174 Å². The van der Waals surface area contributed by atoms with Crippen LogP contribution >= 0.6 is 0 Å². The molecule has 1 aliphatic heterocycles. The van der Waals surface area contributed by atoms with Gasteiger partial charge < -0.3 is 40.1 Å². The lowest BCUT2D eigenvalue weighted by Crippen LogP contribution is -2.71. The Kier molecular flexibility index (Phi) is 7.85. The Morgan fingerprint density at radius 3 is 2.27 bits per heavy atom. The number of allylic oxidation sites excluding steroid dienone is 2. The number of esters is 1. The van der Waals surface area contributed by atoms with E-state index in [9.17, 15) is 40.2 Å². The fraction of sp³-hybridized carbons (Fsp3) is 0.886. The van der Waals surface area contributed by atoms with Crippen molar-refractivity contribution in [2.75, 3.05) is 13.2 Å². The number of hydrogen-bond donors (Lipinski definition) is 6. The molecular formula is C35H54O10. The Labute approximate surface area is 266 Å². The first kappa shape index (κ1) is 33.5. The second kappa shape index (κ2) is 10.5. The van der Waals surface area contributed by atoms with Gasteiger partial charge >= 0.3 is 5.97 Å². The van der Waals surface area contributed by atoms with Crippen LogP contribution in [0, 0.1) is 50.2 Å². The number of fused-ring (bicyclic) bond motifs is 7. The van der Waals surface area contributed by atoms with Gasteiger partial charge in [0.1, 0.15) is 24.4 Å². The number of aliphatic hydroxyl groups is 6. The summed E-state index contributed by atoms with van der Waals surface area (Å²) in [7, 11) is 0. The van der Waals surface area contributed by atoms with Gasteiger partial charge in [0.05, 0.1) is 24.7 Å². The third-order valence-corrected chi connectivity index (χ3v) is 14.5. The Balaban J connectivity index is 1.39. The Bertz CT molecular complexity index is 1260. The highest BCUT2D eigenvalue weighted by atomic mass is 16.7. The standard InChI is InChI=1S/C35H54O10/c1-30(2)9-11-35(29(43)45-28-25(41)24(40)22(39)16-44-28)12-10-33(5)18(19(35)13-30)7-8-23-31(3)14-21(38)27(42)32(4,17-36)26(31)20(37)15-34(23,33)6/h7,19-20,22-28,36-37,39-42H,8-17H2,1-6H3/t19-,20+,22-,23+,24-,25+,26+,27-,28-,31+,32-,33+,34+,35-/m0/s1. The molecule has 0 aromatic heterocycles. The monoisotopic (exact) mass is 634 g/mol.